The number of amides is 1. The number of halogens is 1. The smallest absolute Gasteiger partial charge is 0.404 e. The second-order valence-electron chi connectivity index (χ2n) is 5.68. The van der Waals surface area contributed by atoms with E-state index >= 15 is 0 Å². The predicted molar refractivity (Wildman–Crippen MR) is 81.9 cm³/mol. The lowest BCUT2D eigenvalue weighted by molar-refractivity contribution is 0.117. The first-order valence-corrected chi connectivity index (χ1v) is 7.67. The molecule has 118 valence electrons. The van der Waals surface area contributed by atoms with Crippen molar-refractivity contribution in [2.45, 2.75) is 31.3 Å². The van der Waals surface area contributed by atoms with Gasteiger partial charge in [-0.05, 0) is 24.3 Å². The van der Waals surface area contributed by atoms with Gasteiger partial charge in [0.2, 0.25) is 0 Å². The quantitative estimate of drug-likeness (QED) is 0.847. The van der Waals surface area contributed by atoms with E-state index in [2.05, 4.69) is 17.1 Å². The summed E-state index contributed by atoms with van der Waals surface area (Å²) >= 11 is 6.16. The molecule has 1 aliphatic carbocycles. The SMILES string of the molecule is N#Cc1c(Cl)nc(N2CCC(OC(N)=O)C2)c(C#N)c1C1CC1. The molecule has 0 spiro atoms. The highest BCUT2D eigenvalue weighted by atomic mass is 35.5. The van der Waals surface area contributed by atoms with E-state index in [1.807, 2.05) is 4.90 Å². The van der Waals surface area contributed by atoms with Crippen LogP contribution in [0.5, 0.6) is 0 Å². The molecule has 1 aliphatic heterocycles. The van der Waals surface area contributed by atoms with Crippen LogP contribution in [0.2, 0.25) is 5.15 Å². The summed E-state index contributed by atoms with van der Waals surface area (Å²) in [7, 11) is 0. The van der Waals surface area contributed by atoms with Gasteiger partial charge in [0, 0.05) is 13.0 Å². The molecular weight excluding hydrogens is 318 g/mol. The van der Waals surface area contributed by atoms with Gasteiger partial charge in [0.15, 0.2) is 0 Å². The predicted octanol–water partition coefficient (Wildman–Crippen LogP) is 2.03. The molecule has 1 aromatic heterocycles. The number of hydrogen-bond donors (Lipinski definition) is 1. The number of nitriles is 2. The normalized spacial score (nSPS) is 20.0. The van der Waals surface area contributed by atoms with Crippen LogP contribution in [-0.4, -0.2) is 30.3 Å². The van der Waals surface area contributed by atoms with Gasteiger partial charge in [0.05, 0.1) is 17.7 Å². The van der Waals surface area contributed by atoms with Crippen LogP contribution in [0.25, 0.3) is 0 Å². The summed E-state index contributed by atoms with van der Waals surface area (Å²) < 4.78 is 5.00. The zero-order chi connectivity index (χ0) is 16.6. The van der Waals surface area contributed by atoms with Crippen LogP contribution in [0.15, 0.2) is 0 Å². The minimum atomic E-state index is -0.818. The van der Waals surface area contributed by atoms with Crippen molar-refractivity contribution in [3.05, 3.63) is 21.8 Å². The van der Waals surface area contributed by atoms with Crippen molar-refractivity contribution in [3.63, 3.8) is 0 Å². The molecule has 1 amide bonds. The van der Waals surface area contributed by atoms with E-state index in [1.54, 1.807) is 0 Å². The van der Waals surface area contributed by atoms with Crippen LogP contribution in [0, 0.1) is 22.7 Å². The Morgan fingerprint density at radius 1 is 1.30 bits per heavy atom. The molecule has 1 saturated carbocycles. The second-order valence-corrected chi connectivity index (χ2v) is 6.04. The van der Waals surface area contributed by atoms with E-state index in [1.165, 1.54) is 0 Å². The van der Waals surface area contributed by atoms with Gasteiger partial charge in [0.1, 0.15) is 29.2 Å². The van der Waals surface area contributed by atoms with Crippen LogP contribution in [0.1, 0.15) is 41.9 Å². The van der Waals surface area contributed by atoms with E-state index < -0.39 is 6.09 Å². The van der Waals surface area contributed by atoms with Gasteiger partial charge in [-0.25, -0.2) is 9.78 Å². The van der Waals surface area contributed by atoms with E-state index in [4.69, 9.17) is 22.1 Å². The van der Waals surface area contributed by atoms with Crippen molar-refractivity contribution in [3.8, 4) is 12.1 Å². The Labute approximate surface area is 138 Å². The van der Waals surface area contributed by atoms with Crippen molar-refractivity contribution in [1.82, 2.24) is 4.98 Å². The van der Waals surface area contributed by atoms with Crippen molar-refractivity contribution in [2.75, 3.05) is 18.0 Å². The van der Waals surface area contributed by atoms with E-state index in [0.29, 0.717) is 42.0 Å². The Morgan fingerprint density at radius 2 is 2.00 bits per heavy atom. The molecule has 1 saturated heterocycles. The number of aromatic nitrogens is 1. The van der Waals surface area contributed by atoms with Crippen LogP contribution in [0.3, 0.4) is 0 Å². The minimum absolute atomic E-state index is 0.114. The van der Waals surface area contributed by atoms with E-state index in [9.17, 15) is 15.3 Å². The molecule has 8 heteroatoms. The Morgan fingerprint density at radius 3 is 2.57 bits per heavy atom. The van der Waals surface area contributed by atoms with Crippen LogP contribution in [0.4, 0.5) is 10.6 Å². The minimum Gasteiger partial charge on any atom is -0.444 e. The first-order chi connectivity index (χ1) is 11.0. The van der Waals surface area contributed by atoms with Crippen LogP contribution in [-0.2, 0) is 4.74 Å². The van der Waals surface area contributed by atoms with E-state index in [-0.39, 0.29) is 17.2 Å². The Balaban J connectivity index is 1.99. The molecule has 0 bridgehead atoms. The van der Waals surface area contributed by atoms with Crippen molar-refractivity contribution in [2.24, 2.45) is 5.73 Å². The topological polar surface area (TPSA) is 116 Å². The molecule has 2 heterocycles. The summed E-state index contributed by atoms with van der Waals surface area (Å²) in [4.78, 5) is 17.0. The molecular formula is C15H14ClN5O2. The highest BCUT2D eigenvalue weighted by Gasteiger charge is 2.35. The maximum atomic E-state index is 10.9. The van der Waals surface area contributed by atoms with Gasteiger partial charge >= 0.3 is 6.09 Å². The first-order valence-electron chi connectivity index (χ1n) is 7.29. The summed E-state index contributed by atoms with van der Waals surface area (Å²) in [6, 6.07) is 4.24. The fourth-order valence-electron chi connectivity index (χ4n) is 2.97. The van der Waals surface area contributed by atoms with Gasteiger partial charge in [-0.15, -0.1) is 0 Å². The molecule has 3 rings (SSSR count). The average Bonchev–Trinajstić information content (AvgIpc) is 3.25. The first kappa shape index (κ1) is 15.4. The van der Waals surface area contributed by atoms with Crippen LogP contribution >= 0.6 is 11.6 Å². The maximum absolute atomic E-state index is 10.9. The molecule has 0 aromatic carbocycles. The van der Waals surface area contributed by atoms with Crippen molar-refractivity contribution < 1.29 is 9.53 Å². The Bertz CT molecular complexity index is 748. The number of pyridine rings is 1. The van der Waals surface area contributed by atoms with Crippen LogP contribution < -0.4 is 10.6 Å². The van der Waals surface area contributed by atoms with E-state index in [0.717, 1.165) is 12.8 Å². The molecule has 0 radical (unpaired) electrons. The van der Waals surface area contributed by atoms with Crippen molar-refractivity contribution >= 4 is 23.5 Å². The summed E-state index contributed by atoms with van der Waals surface area (Å²) in [5, 5.41) is 19.0. The maximum Gasteiger partial charge on any atom is 0.404 e. The Kier molecular flexibility index (Phi) is 3.97. The third-order valence-electron chi connectivity index (χ3n) is 4.11. The van der Waals surface area contributed by atoms with Gasteiger partial charge < -0.3 is 15.4 Å². The standard InChI is InChI=1S/C15H14ClN5O2/c16-13-10(5-17)12(8-1-2-8)11(6-18)14(20-13)21-4-3-9(7-21)23-15(19)22/h8-9H,1-4,7H2,(H2,19,22). The molecule has 7 nitrogen and oxygen atoms in total. The van der Waals surface area contributed by atoms with Gasteiger partial charge in [-0.1, -0.05) is 11.6 Å². The third kappa shape index (κ3) is 2.88. The zero-order valence-corrected chi connectivity index (χ0v) is 13.0. The number of rotatable bonds is 3. The number of carbonyl (C=O) groups is 1. The number of carbonyl (C=O) groups excluding carboxylic acids is 1. The monoisotopic (exact) mass is 331 g/mol. The molecule has 2 N–H and O–H groups in total. The summed E-state index contributed by atoms with van der Waals surface area (Å²) in [5.74, 6) is 0.646. The van der Waals surface area contributed by atoms with Gasteiger partial charge in [0.25, 0.3) is 0 Å². The third-order valence-corrected chi connectivity index (χ3v) is 4.38. The fourth-order valence-corrected chi connectivity index (χ4v) is 3.19. The number of nitrogens with zero attached hydrogens (tertiary/aromatic N) is 4. The molecule has 1 aromatic rings. The summed E-state index contributed by atoms with van der Waals surface area (Å²) in [6.07, 6.45) is 1.33. The van der Waals surface area contributed by atoms with Gasteiger partial charge in [-0.3, -0.25) is 0 Å². The molecule has 1 atom stereocenters. The number of ether oxygens (including phenoxy) is 1. The fraction of sp³-hybridized carbons (Fsp3) is 0.467. The number of anilines is 1. The lowest BCUT2D eigenvalue weighted by Crippen LogP contribution is -2.28. The second kappa shape index (κ2) is 5.94. The highest BCUT2D eigenvalue weighted by molar-refractivity contribution is 6.30. The molecule has 2 fully saturated rings. The zero-order valence-electron chi connectivity index (χ0n) is 12.3. The number of hydrogen-bond acceptors (Lipinski definition) is 6. The molecule has 1 unspecified atom stereocenters. The lowest BCUT2D eigenvalue weighted by atomic mass is 10.00. The number of nitrogens with two attached hydrogens (primary N) is 1. The number of primary amides is 1. The Hall–Kier alpha value is -2.51. The summed E-state index contributed by atoms with van der Waals surface area (Å²) in [5.41, 5.74) is 6.43. The van der Waals surface area contributed by atoms with Gasteiger partial charge in [-0.2, -0.15) is 10.5 Å². The molecule has 23 heavy (non-hydrogen) atoms. The summed E-state index contributed by atoms with van der Waals surface area (Å²) in [6.45, 7) is 0.975. The molecule has 2 aliphatic rings. The largest absolute Gasteiger partial charge is 0.444 e. The lowest BCUT2D eigenvalue weighted by Gasteiger charge is -2.21. The highest BCUT2D eigenvalue weighted by Crippen LogP contribution is 2.46. The van der Waals surface area contributed by atoms with Crippen molar-refractivity contribution in [1.29, 1.82) is 10.5 Å². The average molecular weight is 332 g/mol.